The van der Waals surface area contributed by atoms with Gasteiger partial charge in [-0.25, -0.2) is 0 Å². The van der Waals surface area contributed by atoms with Gasteiger partial charge in [0.1, 0.15) is 0 Å². The number of nitrogens with one attached hydrogen (secondary N) is 1. The molecule has 0 aliphatic carbocycles. The summed E-state index contributed by atoms with van der Waals surface area (Å²) in [6.45, 7) is 8.88. The molecule has 0 atom stereocenters. The van der Waals surface area contributed by atoms with Gasteiger partial charge >= 0.3 is 0 Å². The van der Waals surface area contributed by atoms with E-state index in [-0.39, 0.29) is 24.8 Å². The summed E-state index contributed by atoms with van der Waals surface area (Å²) in [6, 6.07) is 3.81. The van der Waals surface area contributed by atoms with Crippen LogP contribution in [0.2, 0.25) is 10.0 Å². The van der Waals surface area contributed by atoms with E-state index in [0.29, 0.717) is 22.4 Å². The predicted octanol–water partition coefficient (Wildman–Crippen LogP) is 3.66. The van der Waals surface area contributed by atoms with E-state index in [0.717, 1.165) is 51.5 Å². The number of morpholine rings is 1. The Morgan fingerprint density at radius 3 is 2.35 bits per heavy atom. The molecule has 1 aromatic rings. The number of rotatable bonds is 7. The zero-order valence-corrected chi connectivity index (χ0v) is 16.3. The molecule has 8 heteroatoms. The zero-order chi connectivity index (χ0) is 15.1. The van der Waals surface area contributed by atoms with Crippen LogP contribution in [-0.2, 0) is 11.3 Å². The van der Waals surface area contributed by atoms with Crippen LogP contribution < -0.4 is 10.1 Å². The first kappa shape index (κ1) is 23.1. The van der Waals surface area contributed by atoms with Crippen LogP contribution in [0.3, 0.4) is 0 Å². The molecule has 0 spiro atoms. The number of nitrogens with zero attached hydrogens (tertiary/aromatic N) is 1. The summed E-state index contributed by atoms with van der Waals surface area (Å²) in [5.74, 6) is 0.568. The molecular formula is C15H24Cl4N2O2. The molecule has 1 fully saturated rings. The van der Waals surface area contributed by atoms with Crippen LogP contribution >= 0.6 is 48.0 Å². The highest BCUT2D eigenvalue weighted by molar-refractivity contribution is 6.37. The second kappa shape index (κ2) is 12.4. The molecule has 23 heavy (non-hydrogen) atoms. The van der Waals surface area contributed by atoms with E-state index in [1.54, 1.807) is 0 Å². The molecule has 0 aromatic heterocycles. The summed E-state index contributed by atoms with van der Waals surface area (Å²) in [4.78, 5) is 2.40. The van der Waals surface area contributed by atoms with Gasteiger partial charge < -0.3 is 14.8 Å². The van der Waals surface area contributed by atoms with Crippen LogP contribution in [-0.4, -0.2) is 50.9 Å². The van der Waals surface area contributed by atoms with E-state index in [9.17, 15) is 0 Å². The Labute approximate surface area is 160 Å². The Kier molecular flexibility index (Phi) is 12.5. The average molecular weight is 406 g/mol. The molecular weight excluding hydrogens is 382 g/mol. The normalized spacial score (nSPS) is 14.7. The van der Waals surface area contributed by atoms with E-state index < -0.39 is 0 Å². The van der Waals surface area contributed by atoms with Gasteiger partial charge in [-0.15, -0.1) is 24.8 Å². The van der Waals surface area contributed by atoms with E-state index in [2.05, 4.69) is 10.2 Å². The zero-order valence-electron chi connectivity index (χ0n) is 13.1. The number of benzene rings is 1. The number of hydrogen-bond acceptors (Lipinski definition) is 4. The summed E-state index contributed by atoms with van der Waals surface area (Å²) < 4.78 is 10.8. The van der Waals surface area contributed by atoms with Gasteiger partial charge in [0.05, 0.1) is 29.9 Å². The van der Waals surface area contributed by atoms with Crippen molar-refractivity contribution in [2.45, 2.75) is 13.5 Å². The van der Waals surface area contributed by atoms with Gasteiger partial charge in [0.2, 0.25) is 0 Å². The highest BCUT2D eigenvalue weighted by Gasteiger charge is 2.11. The highest BCUT2D eigenvalue weighted by atomic mass is 35.5. The lowest BCUT2D eigenvalue weighted by Gasteiger charge is -2.26. The van der Waals surface area contributed by atoms with Crippen molar-refractivity contribution in [3.63, 3.8) is 0 Å². The highest BCUT2D eigenvalue weighted by Crippen LogP contribution is 2.34. The van der Waals surface area contributed by atoms with E-state index in [4.69, 9.17) is 32.7 Å². The number of halogens is 4. The Balaban J connectivity index is 0.00000242. The van der Waals surface area contributed by atoms with Crippen LogP contribution in [0.1, 0.15) is 12.5 Å². The Morgan fingerprint density at radius 1 is 1.17 bits per heavy atom. The molecule has 0 bridgehead atoms. The summed E-state index contributed by atoms with van der Waals surface area (Å²) >= 11 is 12.4. The maximum atomic E-state index is 6.19. The van der Waals surface area contributed by atoms with Crippen molar-refractivity contribution in [2.24, 2.45) is 0 Å². The SMILES string of the molecule is CCOc1c(Cl)cc(CNCCN2CCOCC2)cc1Cl.Cl.Cl. The van der Waals surface area contributed by atoms with E-state index in [1.165, 1.54) is 0 Å². The van der Waals surface area contributed by atoms with Crippen molar-refractivity contribution in [1.82, 2.24) is 10.2 Å². The first-order valence-corrected chi connectivity index (χ1v) is 8.08. The van der Waals surface area contributed by atoms with Crippen molar-refractivity contribution in [3.8, 4) is 5.75 Å². The standard InChI is InChI=1S/C15H22Cl2N2O2.2ClH/c1-2-21-15-13(16)9-12(10-14(15)17)11-18-3-4-19-5-7-20-8-6-19;;/h9-10,18H,2-8,11H2,1H3;2*1H. The summed E-state index contributed by atoms with van der Waals surface area (Å²) in [7, 11) is 0. The predicted molar refractivity (Wildman–Crippen MR) is 101 cm³/mol. The average Bonchev–Trinajstić information content (AvgIpc) is 2.48. The van der Waals surface area contributed by atoms with Gasteiger partial charge in [-0.05, 0) is 24.6 Å². The molecule has 0 saturated carbocycles. The molecule has 4 nitrogen and oxygen atoms in total. The first-order chi connectivity index (χ1) is 10.2. The van der Waals surface area contributed by atoms with E-state index >= 15 is 0 Å². The molecule has 134 valence electrons. The summed E-state index contributed by atoms with van der Waals surface area (Å²) in [6.07, 6.45) is 0. The van der Waals surface area contributed by atoms with Gasteiger partial charge in [-0.2, -0.15) is 0 Å². The summed E-state index contributed by atoms with van der Waals surface area (Å²) in [5.41, 5.74) is 1.07. The summed E-state index contributed by atoms with van der Waals surface area (Å²) in [5, 5.41) is 4.54. The van der Waals surface area contributed by atoms with E-state index in [1.807, 2.05) is 19.1 Å². The van der Waals surface area contributed by atoms with Crippen LogP contribution in [0, 0.1) is 0 Å². The Hall–Kier alpha value is 0.0600. The molecule has 1 saturated heterocycles. The van der Waals surface area contributed by atoms with Gasteiger partial charge in [-0.1, -0.05) is 23.2 Å². The van der Waals surface area contributed by atoms with Crippen molar-refractivity contribution >= 4 is 48.0 Å². The smallest absolute Gasteiger partial charge is 0.156 e. The maximum Gasteiger partial charge on any atom is 0.156 e. The third kappa shape index (κ3) is 7.65. The fourth-order valence-electron chi connectivity index (χ4n) is 2.29. The van der Waals surface area contributed by atoms with Crippen LogP contribution in [0.25, 0.3) is 0 Å². The van der Waals surface area contributed by atoms with Crippen LogP contribution in [0.15, 0.2) is 12.1 Å². The van der Waals surface area contributed by atoms with Gasteiger partial charge in [-0.3, -0.25) is 4.90 Å². The quantitative estimate of drug-likeness (QED) is 0.702. The third-order valence-corrected chi connectivity index (χ3v) is 3.95. The minimum atomic E-state index is 0. The minimum Gasteiger partial charge on any atom is -0.491 e. The Bertz CT molecular complexity index is 434. The van der Waals surface area contributed by atoms with Crippen molar-refractivity contribution in [2.75, 3.05) is 46.0 Å². The van der Waals surface area contributed by atoms with Crippen molar-refractivity contribution in [3.05, 3.63) is 27.7 Å². The first-order valence-electron chi connectivity index (χ1n) is 7.32. The molecule has 2 rings (SSSR count). The van der Waals surface area contributed by atoms with Crippen molar-refractivity contribution < 1.29 is 9.47 Å². The molecule has 0 unspecified atom stereocenters. The monoisotopic (exact) mass is 404 g/mol. The van der Waals surface area contributed by atoms with Gasteiger partial charge in [0, 0.05) is 32.7 Å². The fourth-order valence-corrected chi connectivity index (χ4v) is 2.93. The lowest BCUT2D eigenvalue weighted by atomic mass is 10.2. The van der Waals surface area contributed by atoms with Crippen LogP contribution in [0.5, 0.6) is 5.75 Å². The number of ether oxygens (including phenoxy) is 2. The third-order valence-electron chi connectivity index (χ3n) is 3.38. The lowest BCUT2D eigenvalue weighted by molar-refractivity contribution is 0.0384. The second-order valence-corrected chi connectivity index (χ2v) is 5.77. The van der Waals surface area contributed by atoms with Crippen molar-refractivity contribution in [1.29, 1.82) is 0 Å². The molecule has 1 aliphatic heterocycles. The molecule has 0 amide bonds. The minimum absolute atomic E-state index is 0. The maximum absolute atomic E-state index is 6.19. The fraction of sp³-hybridized carbons (Fsp3) is 0.600. The second-order valence-electron chi connectivity index (χ2n) is 4.95. The van der Waals surface area contributed by atoms with Gasteiger partial charge in [0.25, 0.3) is 0 Å². The molecule has 1 aromatic carbocycles. The molecule has 1 aliphatic rings. The molecule has 0 radical (unpaired) electrons. The van der Waals surface area contributed by atoms with Gasteiger partial charge in [0.15, 0.2) is 5.75 Å². The number of hydrogen-bond donors (Lipinski definition) is 1. The Morgan fingerprint density at radius 2 is 1.78 bits per heavy atom. The van der Waals surface area contributed by atoms with Crippen LogP contribution in [0.4, 0.5) is 0 Å². The lowest BCUT2D eigenvalue weighted by Crippen LogP contribution is -2.40. The molecule has 1 N–H and O–H groups in total. The molecule has 1 heterocycles. The topological polar surface area (TPSA) is 33.7 Å². The largest absolute Gasteiger partial charge is 0.491 e.